The number of hydrogen-bond acceptors (Lipinski definition) is 7. The molecule has 0 fully saturated rings. The van der Waals surface area contributed by atoms with Gasteiger partial charge in [0.05, 0.1) is 12.0 Å². The SMILES string of the molecule is O=C(O)COc1cccc(/C=N\NC(=O)CSc2nc3ccccc3o2)c1. The van der Waals surface area contributed by atoms with E-state index in [0.29, 0.717) is 22.1 Å². The van der Waals surface area contributed by atoms with Crippen LogP contribution < -0.4 is 10.2 Å². The van der Waals surface area contributed by atoms with Gasteiger partial charge in [-0.15, -0.1) is 0 Å². The molecule has 0 bridgehead atoms. The Kier molecular flexibility index (Phi) is 6.06. The average Bonchev–Trinajstić information content (AvgIpc) is 3.08. The minimum atomic E-state index is -1.06. The maximum absolute atomic E-state index is 11.9. The van der Waals surface area contributed by atoms with E-state index in [0.717, 1.165) is 5.52 Å². The topological polar surface area (TPSA) is 114 Å². The van der Waals surface area contributed by atoms with Crippen LogP contribution >= 0.6 is 11.8 Å². The largest absolute Gasteiger partial charge is 0.482 e. The highest BCUT2D eigenvalue weighted by molar-refractivity contribution is 7.99. The first-order valence-electron chi connectivity index (χ1n) is 7.85. The van der Waals surface area contributed by atoms with Gasteiger partial charge >= 0.3 is 5.97 Å². The van der Waals surface area contributed by atoms with Crippen molar-refractivity contribution in [1.29, 1.82) is 0 Å². The number of aromatic nitrogens is 1. The second-order valence-electron chi connectivity index (χ2n) is 5.28. The van der Waals surface area contributed by atoms with Gasteiger partial charge in [0.2, 0.25) is 0 Å². The lowest BCUT2D eigenvalue weighted by Crippen LogP contribution is -2.19. The van der Waals surface area contributed by atoms with E-state index in [-0.39, 0.29) is 11.7 Å². The molecule has 2 aromatic carbocycles. The third-order valence-corrected chi connectivity index (χ3v) is 4.05. The van der Waals surface area contributed by atoms with Crippen molar-refractivity contribution in [1.82, 2.24) is 10.4 Å². The van der Waals surface area contributed by atoms with Crippen LogP contribution in [0.2, 0.25) is 0 Å². The Morgan fingerprint density at radius 3 is 2.93 bits per heavy atom. The number of carbonyl (C=O) groups is 2. The molecule has 0 aliphatic rings. The van der Waals surface area contributed by atoms with Gasteiger partial charge in [-0.1, -0.05) is 36.0 Å². The summed E-state index contributed by atoms with van der Waals surface area (Å²) >= 11 is 1.17. The number of fused-ring (bicyclic) bond motifs is 1. The lowest BCUT2D eigenvalue weighted by molar-refractivity contribution is -0.139. The van der Waals surface area contributed by atoms with Gasteiger partial charge in [-0.25, -0.2) is 15.2 Å². The quantitative estimate of drug-likeness (QED) is 0.348. The van der Waals surface area contributed by atoms with Crippen molar-refractivity contribution >= 4 is 41.0 Å². The number of carboxylic acid groups (broad SMARTS) is 1. The smallest absolute Gasteiger partial charge is 0.341 e. The summed E-state index contributed by atoms with van der Waals surface area (Å²) in [4.78, 5) is 26.6. The summed E-state index contributed by atoms with van der Waals surface area (Å²) in [6.07, 6.45) is 1.44. The van der Waals surface area contributed by atoms with Crippen LogP contribution in [-0.2, 0) is 9.59 Å². The van der Waals surface area contributed by atoms with Crippen molar-refractivity contribution in [3.8, 4) is 5.75 Å². The summed E-state index contributed by atoms with van der Waals surface area (Å²) in [6, 6.07) is 14.1. The Bertz CT molecular complexity index is 953. The Morgan fingerprint density at radius 1 is 1.26 bits per heavy atom. The fourth-order valence-corrected chi connectivity index (χ4v) is 2.71. The summed E-state index contributed by atoms with van der Waals surface area (Å²) in [7, 11) is 0. The number of ether oxygens (including phenoxy) is 1. The highest BCUT2D eigenvalue weighted by atomic mass is 32.2. The van der Waals surface area contributed by atoms with Gasteiger partial charge in [0.25, 0.3) is 11.1 Å². The molecule has 1 aromatic heterocycles. The maximum atomic E-state index is 11.9. The predicted octanol–water partition coefficient (Wildman–Crippen LogP) is 2.53. The number of carbonyl (C=O) groups excluding carboxylic acids is 1. The lowest BCUT2D eigenvalue weighted by Gasteiger charge is -2.03. The molecule has 0 atom stereocenters. The molecule has 0 unspecified atom stereocenters. The van der Waals surface area contributed by atoms with Crippen LogP contribution in [0.4, 0.5) is 0 Å². The van der Waals surface area contributed by atoms with Gasteiger partial charge in [0, 0.05) is 0 Å². The number of nitrogens with zero attached hydrogens (tertiary/aromatic N) is 2. The number of para-hydroxylation sites is 2. The van der Waals surface area contributed by atoms with Crippen molar-refractivity contribution in [2.24, 2.45) is 5.10 Å². The fraction of sp³-hybridized carbons (Fsp3) is 0.111. The van der Waals surface area contributed by atoms with Gasteiger partial charge in [-0.2, -0.15) is 5.10 Å². The molecule has 3 rings (SSSR count). The van der Waals surface area contributed by atoms with Crippen LogP contribution in [0, 0.1) is 0 Å². The minimum Gasteiger partial charge on any atom is -0.482 e. The van der Waals surface area contributed by atoms with E-state index in [1.165, 1.54) is 18.0 Å². The monoisotopic (exact) mass is 385 g/mol. The van der Waals surface area contributed by atoms with Crippen molar-refractivity contribution < 1.29 is 23.8 Å². The Labute approximate surface area is 158 Å². The summed E-state index contributed by atoms with van der Waals surface area (Å²) in [5.41, 5.74) is 4.48. The van der Waals surface area contributed by atoms with Crippen molar-refractivity contribution in [2.75, 3.05) is 12.4 Å². The first kappa shape index (κ1) is 18.5. The first-order valence-corrected chi connectivity index (χ1v) is 8.83. The number of oxazole rings is 1. The van der Waals surface area contributed by atoms with Crippen molar-refractivity contribution in [2.45, 2.75) is 5.22 Å². The van der Waals surface area contributed by atoms with Crippen molar-refractivity contribution in [3.63, 3.8) is 0 Å². The van der Waals surface area contributed by atoms with E-state index in [9.17, 15) is 9.59 Å². The number of amides is 1. The number of carboxylic acids is 1. The number of benzene rings is 2. The molecule has 0 spiro atoms. The molecule has 1 heterocycles. The van der Waals surface area contributed by atoms with Crippen LogP contribution in [0.1, 0.15) is 5.56 Å². The zero-order chi connectivity index (χ0) is 19.1. The molecule has 9 heteroatoms. The number of hydrogen-bond donors (Lipinski definition) is 2. The summed E-state index contributed by atoms with van der Waals surface area (Å²) in [5.74, 6) is -0.861. The van der Waals surface area contributed by atoms with Gasteiger partial charge in [-0.05, 0) is 29.8 Å². The third-order valence-electron chi connectivity index (χ3n) is 3.22. The molecular formula is C18H15N3O5S. The molecule has 2 N–H and O–H groups in total. The highest BCUT2D eigenvalue weighted by Gasteiger charge is 2.08. The first-order chi connectivity index (χ1) is 13.1. The summed E-state index contributed by atoms with van der Waals surface area (Å²) < 4.78 is 10.6. The van der Waals surface area contributed by atoms with E-state index >= 15 is 0 Å². The molecule has 138 valence electrons. The van der Waals surface area contributed by atoms with E-state index in [4.69, 9.17) is 14.3 Å². The Balaban J connectivity index is 1.48. The van der Waals surface area contributed by atoms with Crippen molar-refractivity contribution in [3.05, 3.63) is 54.1 Å². The average molecular weight is 385 g/mol. The highest BCUT2D eigenvalue weighted by Crippen LogP contribution is 2.22. The van der Waals surface area contributed by atoms with Crippen LogP contribution in [0.25, 0.3) is 11.1 Å². The number of nitrogens with one attached hydrogen (secondary N) is 1. The minimum absolute atomic E-state index is 0.103. The standard InChI is InChI=1S/C18H15N3O5S/c22-16(11-27-18-20-14-6-1-2-7-15(14)26-18)21-19-9-12-4-3-5-13(8-12)25-10-17(23)24/h1-9H,10-11H2,(H,21,22)(H,23,24)/b19-9-. The Morgan fingerprint density at radius 2 is 2.11 bits per heavy atom. The van der Waals surface area contributed by atoms with Gasteiger partial charge in [0.1, 0.15) is 11.3 Å². The lowest BCUT2D eigenvalue weighted by atomic mass is 10.2. The second kappa shape index (κ2) is 8.86. The Hall–Kier alpha value is -3.33. The molecule has 0 saturated carbocycles. The fourth-order valence-electron chi connectivity index (χ4n) is 2.08. The molecule has 27 heavy (non-hydrogen) atoms. The number of thioether (sulfide) groups is 1. The van der Waals surface area contributed by atoms with E-state index in [2.05, 4.69) is 15.5 Å². The van der Waals surface area contributed by atoms with Gasteiger partial charge in [-0.3, -0.25) is 4.79 Å². The molecule has 0 saturated heterocycles. The van der Waals surface area contributed by atoms with Gasteiger partial charge in [0.15, 0.2) is 12.2 Å². The number of aliphatic carboxylic acids is 1. The summed E-state index contributed by atoms with van der Waals surface area (Å²) in [6.45, 7) is -0.426. The molecule has 1 amide bonds. The normalized spacial score (nSPS) is 11.0. The molecular weight excluding hydrogens is 370 g/mol. The molecule has 8 nitrogen and oxygen atoms in total. The maximum Gasteiger partial charge on any atom is 0.341 e. The number of hydrazone groups is 1. The number of rotatable bonds is 8. The molecule has 0 aliphatic carbocycles. The van der Waals surface area contributed by atoms with Gasteiger partial charge < -0.3 is 14.3 Å². The molecule has 3 aromatic rings. The van der Waals surface area contributed by atoms with Crippen LogP contribution in [0.5, 0.6) is 5.75 Å². The van der Waals surface area contributed by atoms with E-state index in [1.54, 1.807) is 24.3 Å². The third kappa shape index (κ3) is 5.58. The summed E-state index contributed by atoms with van der Waals surface area (Å²) in [5, 5.41) is 12.9. The van der Waals surface area contributed by atoms with E-state index in [1.807, 2.05) is 24.3 Å². The van der Waals surface area contributed by atoms with E-state index < -0.39 is 12.6 Å². The molecule has 0 aliphatic heterocycles. The zero-order valence-corrected chi connectivity index (χ0v) is 14.8. The predicted molar refractivity (Wildman–Crippen MR) is 100 cm³/mol. The van der Waals surface area contributed by atoms with Crippen LogP contribution in [0.15, 0.2) is 63.3 Å². The zero-order valence-electron chi connectivity index (χ0n) is 14.0. The second-order valence-corrected chi connectivity index (χ2v) is 6.21. The van der Waals surface area contributed by atoms with Crippen LogP contribution in [-0.4, -0.2) is 40.5 Å². The molecule has 0 radical (unpaired) electrons. The van der Waals surface area contributed by atoms with Crippen LogP contribution in [0.3, 0.4) is 0 Å².